The molecule has 0 unspecified atom stereocenters. The Labute approximate surface area is 111 Å². The van der Waals surface area contributed by atoms with Crippen LogP contribution in [0.1, 0.15) is 5.56 Å². The SMILES string of the molecule is COc1cccc(COc2cccc(Cl)c2N)c1. The van der Waals surface area contributed by atoms with Crippen molar-refractivity contribution < 1.29 is 9.47 Å². The van der Waals surface area contributed by atoms with Gasteiger partial charge in [-0.15, -0.1) is 0 Å². The van der Waals surface area contributed by atoms with E-state index in [4.69, 9.17) is 26.8 Å². The molecule has 0 saturated carbocycles. The predicted octanol–water partition coefficient (Wildman–Crippen LogP) is 3.51. The summed E-state index contributed by atoms with van der Waals surface area (Å²) in [6.07, 6.45) is 0. The van der Waals surface area contributed by atoms with E-state index in [1.165, 1.54) is 0 Å². The van der Waals surface area contributed by atoms with Crippen molar-refractivity contribution in [2.24, 2.45) is 0 Å². The van der Waals surface area contributed by atoms with Crippen LogP contribution in [0.3, 0.4) is 0 Å². The van der Waals surface area contributed by atoms with Crippen molar-refractivity contribution >= 4 is 17.3 Å². The molecule has 0 fully saturated rings. The number of halogens is 1. The van der Waals surface area contributed by atoms with E-state index >= 15 is 0 Å². The number of rotatable bonds is 4. The van der Waals surface area contributed by atoms with Crippen molar-refractivity contribution in [1.29, 1.82) is 0 Å². The molecule has 0 aliphatic rings. The summed E-state index contributed by atoms with van der Waals surface area (Å²) in [4.78, 5) is 0. The first-order chi connectivity index (χ1) is 8.70. The van der Waals surface area contributed by atoms with E-state index in [1.54, 1.807) is 25.3 Å². The van der Waals surface area contributed by atoms with Crippen molar-refractivity contribution in [3.05, 3.63) is 53.1 Å². The Kier molecular flexibility index (Phi) is 3.95. The van der Waals surface area contributed by atoms with Gasteiger partial charge < -0.3 is 15.2 Å². The van der Waals surface area contributed by atoms with Crippen LogP contribution < -0.4 is 15.2 Å². The van der Waals surface area contributed by atoms with Crippen LogP contribution in [0.25, 0.3) is 0 Å². The van der Waals surface area contributed by atoms with Crippen LogP contribution in [0.15, 0.2) is 42.5 Å². The van der Waals surface area contributed by atoms with Gasteiger partial charge in [0.15, 0.2) is 0 Å². The molecule has 18 heavy (non-hydrogen) atoms. The number of ether oxygens (including phenoxy) is 2. The highest BCUT2D eigenvalue weighted by atomic mass is 35.5. The topological polar surface area (TPSA) is 44.5 Å². The minimum Gasteiger partial charge on any atom is -0.497 e. The predicted molar refractivity (Wildman–Crippen MR) is 73.2 cm³/mol. The molecule has 0 spiro atoms. The zero-order chi connectivity index (χ0) is 13.0. The molecule has 0 radical (unpaired) electrons. The molecule has 2 aromatic rings. The van der Waals surface area contributed by atoms with E-state index in [0.29, 0.717) is 23.1 Å². The van der Waals surface area contributed by atoms with E-state index < -0.39 is 0 Å². The molecule has 0 aliphatic carbocycles. The molecule has 0 heterocycles. The van der Waals surface area contributed by atoms with Crippen LogP contribution in [-0.4, -0.2) is 7.11 Å². The van der Waals surface area contributed by atoms with Crippen LogP contribution in [0.2, 0.25) is 5.02 Å². The number of benzene rings is 2. The van der Waals surface area contributed by atoms with E-state index in [9.17, 15) is 0 Å². The molecule has 0 aromatic heterocycles. The smallest absolute Gasteiger partial charge is 0.144 e. The molecule has 0 atom stereocenters. The second-order valence-corrected chi connectivity index (χ2v) is 4.20. The number of methoxy groups -OCH3 is 1. The summed E-state index contributed by atoms with van der Waals surface area (Å²) in [6, 6.07) is 13.0. The Bertz CT molecular complexity index is 543. The van der Waals surface area contributed by atoms with Gasteiger partial charge in [0, 0.05) is 0 Å². The maximum absolute atomic E-state index is 5.92. The van der Waals surface area contributed by atoms with Gasteiger partial charge >= 0.3 is 0 Å². The number of anilines is 1. The van der Waals surface area contributed by atoms with Crippen molar-refractivity contribution in [2.75, 3.05) is 12.8 Å². The highest BCUT2D eigenvalue weighted by Crippen LogP contribution is 2.29. The van der Waals surface area contributed by atoms with E-state index in [2.05, 4.69) is 0 Å². The molecule has 0 bridgehead atoms. The molecule has 0 saturated heterocycles. The number of hydrogen-bond acceptors (Lipinski definition) is 3. The zero-order valence-electron chi connectivity index (χ0n) is 10.0. The highest BCUT2D eigenvalue weighted by Gasteiger charge is 2.04. The molecular formula is C14H14ClNO2. The lowest BCUT2D eigenvalue weighted by molar-refractivity contribution is 0.307. The summed E-state index contributed by atoms with van der Waals surface area (Å²) in [6.45, 7) is 0.418. The van der Waals surface area contributed by atoms with Gasteiger partial charge in [0.05, 0.1) is 17.8 Å². The number of para-hydroxylation sites is 1. The van der Waals surface area contributed by atoms with Crippen LogP contribution in [-0.2, 0) is 6.61 Å². The molecule has 2 aromatic carbocycles. The van der Waals surface area contributed by atoms with Gasteiger partial charge in [-0.05, 0) is 29.8 Å². The number of nitrogens with two attached hydrogens (primary N) is 1. The maximum atomic E-state index is 5.92. The molecule has 2 rings (SSSR count). The van der Waals surface area contributed by atoms with Gasteiger partial charge in [0.25, 0.3) is 0 Å². The standard InChI is InChI=1S/C14H14ClNO2/c1-17-11-5-2-4-10(8-11)9-18-13-7-3-6-12(15)14(13)16/h2-8H,9,16H2,1H3. The minimum atomic E-state index is 0.418. The lowest BCUT2D eigenvalue weighted by Gasteiger charge is -2.10. The fourth-order valence-corrected chi connectivity index (χ4v) is 1.73. The van der Waals surface area contributed by atoms with Gasteiger partial charge in [0.1, 0.15) is 18.1 Å². The summed E-state index contributed by atoms with van der Waals surface area (Å²) in [5, 5.41) is 0.498. The number of hydrogen-bond donors (Lipinski definition) is 1. The van der Waals surface area contributed by atoms with Crippen molar-refractivity contribution in [3.63, 3.8) is 0 Å². The van der Waals surface area contributed by atoms with Gasteiger partial charge in [-0.1, -0.05) is 29.8 Å². The first kappa shape index (κ1) is 12.6. The second-order valence-electron chi connectivity index (χ2n) is 3.79. The third kappa shape index (κ3) is 2.87. The van der Waals surface area contributed by atoms with Crippen molar-refractivity contribution in [1.82, 2.24) is 0 Å². The first-order valence-corrected chi connectivity index (χ1v) is 5.88. The Hall–Kier alpha value is -1.87. The minimum absolute atomic E-state index is 0.418. The van der Waals surface area contributed by atoms with Crippen LogP contribution in [0.4, 0.5) is 5.69 Å². The van der Waals surface area contributed by atoms with E-state index in [0.717, 1.165) is 11.3 Å². The van der Waals surface area contributed by atoms with Gasteiger partial charge in [-0.3, -0.25) is 0 Å². The molecule has 2 N–H and O–H groups in total. The fourth-order valence-electron chi connectivity index (χ4n) is 1.57. The number of nitrogen functional groups attached to an aromatic ring is 1. The second kappa shape index (κ2) is 5.65. The molecule has 0 aliphatic heterocycles. The third-order valence-corrected chi connectivity index (χ3v) is 2.87. The van der Waals surface area contributed by atoms with E-state index in [1.807, 2.05) is 24.3 Å². The molecule has 0 amide bonds. The lowest BCUT2D eigenvalue weighted by Crippen LogP contribution is -1.99. The quantitative estimate of drug-likeness (QED) is 0.859. The van der Waals surface area contributed by atoms with Gasteiger partial charge in [0.2, 0.25) is 0 Å². The summed E-state index contributed by atoms with van der Waals surface area (Å²) in [5.41, 5.74) is 7.29. The Morgan fingerprint density at radius 2 is 1.94 bits per heavy atom. The molecule has 3 nitrogen and oxygen atoms in total. The Morgan fingerprint density at radius 3 is 2.72 bits per heavy atom. The monoisotopic (exact) mass is 263 g/mol. The van der Waals surface area contributed by atoms with E-state index in [-0.39, 0.29) is 0 Å². The largest absolute Gasteiger partial charge is 0.497 e. The molecule has 4 heteroatoms. The van der Waals surface area contributed by atoms with Crippen LogP contribution in [0.5, 0.6) is 11.5 Å². The van der Waals surface area contributed by atoms with Crippen molar-refractivity contribution in [2.45, 2.75) is 6.61 Å². The first-order valence-electron chi connectivity index (χ1n) is 5.50. The van der Waals surface area contributed by atoms with Crippen LogP contribution >= 0.6 is 11.6 Å². The average molecular weight is 264 g/mol. The average Bonchev–Trinajstić information content (AvgIpc) is 2.41. The summed E-state index contributed by atoms with van der Waals surface area (Å²) in [7, 11) is 1.63. The molecular weight excluding hydrogens is 250 g/mol. The summed E-state index contributed by atoms with van der Waals surface area (Å²) < 4.78 is 10.8. The van der Waals surface area contributed by atoms with Crippen molar-refractivity contribution in [3.8, 4) is 11.5 Å². The van der Waals surface area contributed by atoms with Gasteiger partial charge in [-0.2, -0.15) is 0 Å². The third-order valence-electron chi connectivity index (χ3n) is 2.54. The summed E-state index contributed by atoms with van der Waals surface area (Å²) >= 11 is 5.92. The maximum Gasteiger partial charge on any atom is 0.144 e. The highest BCUT2D eigenvalue weighted by molar-refractivity contribution is 6.33. The Morgan fingerprint density at radius 1 is 1.17 bits per heavy atom. The normalized spacial score (nSPS) is 10.1. The lowest BCUT2D eigenvalue weighted by atomic mass is 10.2. The van der Waals surface area contributed by atoms with Gasteiger partial charge in [-0.25, -0.2) is 0 Å². The Balaban J connectivity index is 2.09. The fraction of sp³-hybridized carbons (Fsp3) is 0.143. The van der Waals surface area contributed by atoms with Crippen LogP contribution in [0, 0.1) is 0 Å². The zero-order valence-corrected chi connectivity index (χ0v) is 10.8. The molecule has 94 valence electrons. The summed E-state index contributed by atoms with van der Waals surface area (Å²) in [5.74, 6) is 1.39.